The van der Waals surface area contributed by atoms with Gasteiger partial charge in [-0.3, -0.25) is 0 Å². The van der Waals surface area contributed by atoms with E-state index in [1.165, 1.54) is 11.8 Å². The van der Waals surface area contributed by atoms with Crippen LogP contribution in [0.2, 0.25) is 0 Å². The van der Waals surface area contributed by atoms with Gasteiger partial charge in [0.05, 0.1) is 0 Å². The molecule has 0 aliphatic heterocycles. The van der Waals surface area contributed by atoms with E-state index in [0.29, 0.717) is 11.7 Å². The summed E-state index contributed by atoms with van der Waals surface area (Å²) in [6.07, 6.45) is 3.09. The van der Waals surface area contributed by atoms with Gasteiger partial charge in [-0.2, -0.15) is 0 Å². The minimum Gasteiger partial charge on any atom is -0.436 e. The molecule has 2 aromatic rings. The summed E-state index contributed by atoms with van der Waals surface area (Å²) in [5, 5.41) is 0. The summed E-state index contributed by atoms with van der Waals surface area (Å²) in [6, 6.07) is 7.91. The topological polar surface area (TPSA) is 61.0 Å². The summed E-state index contributed by atoms with van der Waals surface area (Å²) in [6.45, 7) is 6.47. The lowest BCUT2D eigenvalue weighted by Crippen LogP contribution is -2.10. The first-order valence-electron chi connectivity index (χ1n) is 5.82. The maximum absolute atomic E-state index is 5.69. The fourth-order valence-electron chi connectivity index (χ4n) is 1.55. The molecule has 0 aliphatic rings. The quantitative estimate of drug-likeness (QED) is 0.880. The highest BCUT2D eigenvalue weighted by atomic mass is 16.5. The van der Waals surface area contributed by atoms with Gasteiger partial charge in [-0.25, -0.2) is 9.97 Å². The summed E-state index contributed by atoms with van der Waals surface area (Å²) in [4.78, 5) is 7.99. The second kappa shape index (κ2) is 4.64. The Hall–Kier alpha value is -2.10. The van der Waals surface area contributed by atoms with Crippen molar-refractivity contribution in [1.82, 2.24) is 9.97 Å². The van der Waals surface area contributed by atoms with Crippen LogP contribution in [0.25, 0.3) is 0 Å². The third kappa shape index (κ3) is 2.77. The molecule has 0 saturated carbocycles. The zero-order valence-electron chi connectivity index (χ0n) is 10.8. The molecule has 0 radical (unpaired) electrons. The lowest BCUT2D eigenvalue weighted by atomic mass is 9.87. The lowest BCUT2D eigenvalue weighted by Gasteiger charge is -2.19. The van der Waals surface area contributed by atoms with Crippen LogP contribution in [0.3, 0.4) is 0 Å². The Morgan fingerprint density at radius 3 is 2.50 bits per heavy atom. The number of hydrogen-bond acceptors (Lipinski definition) is 4. The van der Waals surface area contributed by atoms with Crippen molar-refractivity contribution in [1.29, 1.82) is 0 Å². The maximum Gasteiger partial charge on any atom is 0.262 e. The number of anilines is 1. The third-order valence-electron chi connectivity index (χ3n) is 2.61. The Kier molecular flexibility index (Phi) is 3.19. The van der Waals surface area contributed by atoms with E-state index in [2.05, 4.69) is 36.8 Å². The molecule has 0 saturated heterocycles. The van der Waals surface area contributed by atoms with E-state index in [1.54, 1.807) is 6.20 Å². The van der Waals surface area contributed by atoms with Gasteiger partial charge in [0.15, 0.2) is 5.82 Å². The van der Waals surface area contributed by atoms with E-state index in [4.69, 9.17) is 10.5 Å². The SMILES string of the molecule is CC(C)(C)c1cccc(Oc2nccnc2N)c1. The highest BCUT2D eigenvalue weighted by Gasteiger charge is 2.14. The van der Waals surface area contributed by atoms with Crippen molar-refractivity contribution in [3.05, 3.63) is 42.2 Å². The molecule has 1 aromatic heterocycles. The monoisotopic (exact) mass is 243 g/mol. The molecule has 18 heavy (non-hydrogen) atoms. The molecular weight excluding hydrogens is 226 g/mol. The molecule has 0 spiro atoms. The molecule has 0 amide bonds. The van der Waals surface area contributed by atoms with E-state index < -0.39 is 0 Å². The first-order chi connectivity index (χ1) is 8.47. The van der Waals surface area contributed by atoms with Gasteiger partial charge >= 0.3 is 0 Å². The number of nitrogens with two attached hydrogens (primary N) is 1. The van der Waals surface area contributed by atoms with E-state index in [1.807, 2.05) is 18.2 Å². The van der Waals surface area contributed by atoms with E-state index in [0.717, 1.165) is 5.75 Å². The van der Waals surface area contributed by atoms with Crippen LogP contribution in [0.5, 0.6) is 11.6 Å². The minimum absolute atomic E-state index is 0.0767. The lowest BCUT2D eigenvalue weighted by molar-refractivity contribution is 0.460. The van der Waals surface area contributed by atoms with Gasteiger partial charge in [-0.1, -0.05) is 32.9 Å². The number of benzene rings is 1. The van der Waals surface area contributed by atoms with E-state index >= 15 is 0 Å². The predicted molar refractivity (Wildman–Crippen MR) is 71.7 cm³/mol. The minimum atomic E-state index is 0.0767. The van der Waals surface area contributed by atoms with Crippen LogP contribution in [0.15, 0.2) is 36.7 Å². The van der Waals surface area contributed by atoms with E-state index in [-0.39, 0.29) is 5.41 Å². The maximum atomic E-state index is 5.69. The second-order valence-corrected chi connectivity index (χ2v) is 5.13. The van der Waals surface area contributed by atoms with Gasteiger partial charge in [0.1, 0.15) is 5.75 Å². The fourth-order valence-corrected chi connectivity index (χ4v) is 1.55. The van der Waals surface area contributed by atoms with Gasteiger partial charge in [0.2, 0.25) is 0 Å². The normalized spacial score (nSPS) is 11.3. The van der Waals surface area contributed by atoms with Crippen molar-refractivity contribution in [2.75, 3.05) is 5.73 Å². The zero-order valence-corrected chi connectivity index (χ0v) is 10.8. The van der Waals surface area contributed by atoms with Gasteiger partial charge in [0, 0.05) is 12.4 Å². The Bertz CT molecular complexity index is 547. The van der Waals surface area contributed by atoms with Crippen molar-refractivity contribution in [3.8, 4) is 11.6 Å². The molecule has 1 aromatic carbocycles. The largest absolute Gasteiger partial charge is 0.436 e. The first kappa shape index (κ1) is 12.4. The Labute approximate surface area is 107 Å². The number of nitrogens with zero attached hydrogens (tertiary/aromatic N) is 2. The molecule has 2 rings (SSSR count). The molecule has 0 fully saturated rings. The van der Waals surface area contributed by atoms with Crippen molar-refractivity contribution in [2.24, 2.45) is 0 Å². The fraction of sp³-hybridized carbons (Fsp3) is 0.286. The van der Waals surface area contributed by atoms with Gasteiger partial charge < -0.3 is 10.5 Å². The first-order valence-corrected chi connectivity index (χ1v) is 5.82. The molecule has 0 aliphatic carbocycles. The highest BCUT2D eigenvalue weighted by Crippen LogP contribution is 2.28. The summed E-state index contributed by atoms with van der Waals surface area (Å²) in [5.74, 6) is 1.34. The number of aromatic nitrogens is 2. The van der Waals surface area contributed by atoms with Gasteiger partial charge in [-0.05, 0) is 23.1 Å². The average Bonchev–Trinajstić information content (AvgIpc) is 2.31. The van der Waals surface area contributed by atoms with Crippen LogP contribution >= 0.6 is 0 Å². The van der Waals surface area contributed by atoms with Gasteiger partial charge in [-0.15, -0.1) is 0 Å². The standard InChI is InChI=1S/C14H17N3O/c1-14(2,3)10-5-4-6-11(9-10)18-13-12(15)16-7-8-17-13/h4-9H,1-3H3,(H2,15,16). The Morgan fingerprint density at radius 2 is 1.83 bits per heavy atom. The Morgan fingerprint density at radius 1 is 1.11 bits per heavy atom. The van der Waals surface area contributed by atoms with Crippen LogP contribution in [-0.2, 0) is 5.41 Å². The highest BCUT2D eigenvalue weighted by molar-refractivity contribution is 5.43. The number of rotatable bonds is 2. The summed E-state index contributed by atoms with van der Waals surface area (Å²) >= 11 is 0. The molecule has 2 N–H and O–H groups in total. The summed E-state index contributed by atoms with van der Waals surface area (Å²) in [5.41, 5.74) is 6.97. The molecule has 1 heterocycles. The molecular formula is C14H17N3O. The zero-order chi connectivity index (χ0) is 13.2. The van der Waals surface area contributed by atoms with Gasteiger partial charge in [0.25, 0.3) is 5.88 Å². The number of ether oxygens (including phenoxy) is 1. The van der Waals surface area contributed by atoms with Crippen LogP contribution in [0.1, 0.15) is 26.3 Å². The van der Waals surface area contributed by atoms with Crippen LogP contribution in [-0.4, -0.2) is 9.97 Å². The molecule has 94 valence electrons. The third-order valence-corrected chi connectivity index (χ3v) is 2.61. The average molecular weight is 243 g/mol. The summed E-state index contributed by atoms with van der Waals surface area (Å²) < 4.78 is 5.65. The molecule has 0 unspecified atom stereocenters. The van der Waals surface area contributed by atoms with Crippen LogP contribution < -0.4 is 10.5 Å². The molecule has 0 atom stereocenters. The van der Waals surface area contributed by atoms with Crippen LogP contribution in [0.4, 0.5) is 5.82 Å². The summed E-state index contributed by atoms with van der Waals surface area (Å²) in [7, 11) is 0. The predicted octanol–water partition coefficient (Wildman–Crippen LogP) is 3.15. The number of nitrogen functional groups attached to an aromatic ring is 1. The van der Waals surface area contributed by atoms with Crippen molar-refractivity contribution >= 4 is 5.82 Å². The smallest absolute Gasteiger partial charge is 0.262 e. The molecule has 0 bridgehead atoms. The van der Waals surface area contributed by atoms with Crippen molar-refractivity contribution in [2.45, 2.75) is 26.2 Å². The second-order valence-electron chi connectivity index (χ2n) is 5.13. The van der Waals surface area contributed by atoms with Crippen LogP contribution in [0, 0.1) is 0 Å². The van der Waals surface area contributed by atoms with Crippen molar-refractivity contribution in [3.63, 3.8) is 0 Å². The van der Waals surface area contributed by atoms with Crippen molar-refractivity contribution < 1.29 is 4.74 Å². The Balaban J connectivity index is 2.28. The number of hydrogen-bond donors (Lipinski definition) is 1. The molecule has 4 nitrogen and oxygen atoms in total. The van der Waals surface area contributed by atoms with E-state index in [9.17, 15) is 0 Å². The molecule has 4 heteroatoms.